The van der Waals surface area contributed by atoms with Gasteiger partial charge in [0.15, 0.2) is 29.0 Å². The average molecular weight is 730 g/mol. The highest BCUT2D eigenvalue weighted by Gasteiger charge is 2.65. The number of fused-ring (bicyclic) bond motifs is 2. The Bertz CT molecular complexity index is 2020. The van der Waals surface area contributed by atoms with Crippen LogP contribution in [0.5, 0.6) is 6.01 Å². The molecule has 3 aliphatic rings. The van der Waals surface area contributed by atoms with Crippen LogP contribution in [0.3, 0.4) is 0 Å². The van der Waals surface area contributed by atoms with E-state index in [9.17, 15) is 16.8 Å². The zero-order chi connectivity index (χ0) is 35.5. The molecule has 1 aliphatic carbocycles. The first-order chi connectivity index (χ1) is 23.6. The first-order valence-corrected chi connectivity index (χ1v) is 19.1. The largest absolute Gasteiger partial charge is 0.460 e. The summed E-state index contributed by atoms with van der Waals surface area (Å²) in [5.41, 5.74) is 6.69. The number of hydrogen-bond acceptors (Lipinski definition) is 14. The van der Waals surface area contributed by atoms with Gasteiger partial charge in [-0.25, -0.2) is 4.98 Å². The van der Waals surface area contributed by atoms with Crippen molar-refractivity contribution in [3.05, 3.63) is 66.0 Å². The van der Waals surface area contributed by atoms with Gasteiger partial charge in [0.1, 0.15) is 37.1 Å². The van der Waals surface area contributed by atoms with Crippen LogP contribution in [-0.4, -0.2) is 79.3 Å². The molecule has 4 aromatic rings. The van der Waals surface area contributed by atoms with Crippen LogP contribution >= 0.6 is 0 Å². The maximum Gasteiger partial charge on any atom is 0.320 e. The van der Waals surface area contributed by atoms with E-state index >= 15 is 0 Å². The molecule has 0 radical (unpaired) electrons. The molecule has 50 heavy (non-hydrogen) atoms. The molecule has 2 saturated heterocycles. The lowest BCUT2D eigenvalue weighted by Gasteiger charge is -2.33. The standard InChI is InChI=1S/C33H39N5O10S2/c1-20-9-13-23(14-10-20)49(39,40)43-17-33(18-44-50(41,42)24-15-11-21(2)12-16-24)27-26(46-32(3,4)47-27)30(48-33)38-19-35-25-28(34)36-31(37-29(25)38)45-22-7-5-6-8-22/h9-16,19,22,26-27,30H,5-8,17-18H2,1-4H3,(H2,34,36,37)/t26-,27+,30-/m1/s1. The van der Waals surface area contributed by atoms with E-state index in [1.807, 2.05) is 13.8 Å². The topological polar surface area (TPSA) is 193 Å². The van der Waals surface area contributed by atoms with Crippen molar-refractivity contribution in [1.29, 1.82) is 0 Å². The molecule has 17 heteroatoms. The average Bonchev–Trinajstić information content (AvgIpc) is 3.85. The molecular formula is C33H39N5O10S2. The van der Waals surface area contributed by atoms with Crippen molar-refractivity contribution in [2.75, 3.05) is 18.9 Å². The van der Waals surface area contributed by atoms with E-state index in [-0.39, 0.29) is 38.9 Å². The number of anilines is 1. The summed E-state index contributed by atoms with van der Waals surface area (Å²) in [5, 5.41) is 0. The molecule has 7 rings (SSSR count). The number of imidazole rings is 1. The van der Waals surface area contributed by atoms with Gasteiger partial charge in [-0.15, -0.1) is 0 Å². The van der Waals surface area contributed by atoms with E-state index in [1.54, 1.807) is 42.7 Å². The molecular weight excluding hydrogens is 691 g/mol. The van der Waals surface area contributed by atoms with Crippen LogP contribution in [0.2, 0.25) is 0 Å². The minimum atomic E-state index is -4.35. The van der Waals surface area contributed by atoms with Gasteiger partial charge in [-0.1, -0.05) is 35.4 Å². The maximum atomic E-state index is 13.4. The molecule has 4 heterocycles. The summed E-state index contributed by atoms with van der Waals surface area (Å²) in [6.07, 6.45) is 2.10. The Balaban J connectivity index is 1.27. The van der Waals surface area contributed by atoms with Crippen molar-refractivity contribution < 1.29 is 44.1 Å². The van der Waals surface area contributed by atoms with E-state index in [2.05, 4.69) is 15.0 Å². The number of nitrogens with two attached hydrogens (primary N) is 1. The Morgan fingerprint density at radius 3 is 1.96 bits per heavy atom. The Hall–Kier alpha value is -3.71. The molecule has 2 aliphatic heterocycles. The Labute approximate surface area is 290 Å². The quantitative estimate of drug-likeness (QED) is 0.218. The Morgan fingerprint density at radius 1 is 0.840 bits per heavy atom. The second-order valence-electron chi connectivity index (χ2n) is 13.4. The first kappa shape index (κ1) is 34.7. The van der Waals surface area contributed by atoms with Gasteiger partial charge in [-0.05, 0) is 77.6 Å². The fourth-order valence-corrected chi connectivity index (χ4v) is 8.40. The molecule has 268 valence electrons. The third-order valence-electron chi connectivity index (χ3n) is 9.10. The normalized spacial score (nSPS) is 23.4. The van der Waals surface area contributed by atoms with E-state index in [0.717, 1.165) is 36.8 Å². The van der Waals surface area contributed by atoms with Crippen LogP contribution in [0, 0.1) is 13.8 Å². The molecule has 0 unspecified atom stereocenters. The Morgan fingerprint density at radius 2 is 1.40 bits per heavy atom. The molecule has 3 atom stereocenters. The maximum absolute atomic E-state index is 13.4. The van der Waals surface area contributed by atoms with Crippen LogP contribution in [0.1, 0.15) is 56.9 Å². The van der Waals surface area contributed by atoms with Gasteiger partial charge < -0.3 is 24.7 Å². The number of ether oxygens (including phenoxy) is 4. The monoisotopic (exact) mass is 729 g/mol. The van der Waals surface area contributed by atoms with Crippen LogP contribution in [0.25, 0.3) is 11.2 Å². The SMILES string of the molecule is Cc1ccc(S(=O)(=O)OCC2(COS(=O)(=O)c3ccc(C)cc3)O[C@@H](n3cnc4c(N)nc(OC5CCCC5)nc43)[C@@H]3OC(C)(C)O[C@@H]32)cc1. The fraction of sp³-hybridized carbons (Fsp3) is 0.485. The van der Waals surface area contributed by atoms with E-state index < -0.39 is 63.3 Å². The highest BCUT2D eigenvalue weighted by molar-refractivity contribution is 7.87. The minimum absolute atomic E-state index is 0.0457. The van der Waals surface area contributed by atoms with Gasteiger partial charge in [0.25, 0.3) is 20.2 Å². The van der Waals surface area contributed by atoms with Gasteiger partial charge in [0.2, 0.25) is 0 Å². The lowest BCUT2D eigenvalue weighted by molar-refractivity contribution is -0.229. The molecule has 1 saturated carbocycles. The molecule has 0 spiro atoms. The predicted molar refractivity (Wildman–Crippen MR) is 178 cm³/mol. The number of aromatic nitrogens is 4. The third-order valence-corrected chi connectivity index (χ3v) is 11.7. The second kappa shape index (κ2) is 12.8. The number of aryl methyl sites for hydroxylation is 2. The number of rotatable bonds is 11. The van der Waals surface area contributed by atoms with Crippen LogP contribution < -0.4 is 10.5 Å². The number of hydrogen-bond donors (Lipinski definition) is 1. The summed E-state index contributed by atoms with van der Waals surface area (Å²) in [4.78, 5) is 13.2. The van der Waals surface area contributed by atoms with Crippen molar-refractivity contribution in [2.45, 2.75) is 99.1 Å². The number of nitrogens with zero attached hydrogens (tertiary/aromatic N) is 4. The highest BCUT2D eigenvalue weighted by Crippen LogP contribution is 2.49. The van der Waals surface area contributed by atoms with Gasteiger partial charge in [-0.3, -0.25) is 12.9 Å². The fourth-order valence-electron chi connectivity index (χ4n) is 6.48. The molecule has 15 nitrogen and oxygen atoms in total. The summed E-state index contributed by atoms with van der Waals surface area (Å²) in [6.45, 7) is 5.63. The minimum Gasteiger partial charge on any atom is -0.460 e. The lowest BCUT2D eigenvalue weighted by atomic mass is 9.97. The van der Waals surface area contributed by atoms with Gasteiger partial charge >= 0.3 is 6.01 Å². The number of benzene rings is 2. The molecule has 0 amide bonds. The van der Waals surface area contributed by atoms with E-state index in [0.29, 0.717) is 0 Å². The van der Waals surface area contributed by atoms with Crippen molar-refractivity contribution in [3.8, 4) is 6.01 Å². The van der Waals surface area contributed by atoms with Crippen molar-refractivity contribution >= 4 is 37.2 Å². The second-order valence-corrected chi connectivity index (χ2v) is 16.6. The first-order valence-electron chi connectivity index (χ1n) is 16.3. The zero-order valence-corrected chi connectivity index (χ0v) is 29.6. The molecule has 2 aromatic heterocycles. The molecule has 2 aromatic carbocycles. The molecule has 3 fully saturated rings. The lowest BCUT2D eigenvalue weighted by Crippen LogP contribution is -2.51. The van der Waals surface area contributed by atoms with Crippen LogP contribution in [-0.2, 0) is 42.8 Å². The summed E-state index contributed by atoms with van der Waals surface area (Å²) >= 11 is 0. The summed E-state index contributed by atoms with van der Waals surface area (Å²) in [6, 6.07) is 12.3. The molecule has 0 bridgehead atoms. The van der Waals surface area contributed by atoms with Gasteiger partial charge in [-0.2, -0.15) is 26.8 Å². The van der Waals surface area contributed by atoms with E-state index in [4.69, 9.17) is 33.0 Å². The summed E-state index contributed by atoms with van der Waals surface area (Å²) in [7, 11) is -8.71. The smallest absolute Gasteiger partial charge is 0.320 e. The summed E-state index contributed by atoms with van der Waals surface area (Å²) in [5.74, 6) is -1.11. The van der Waals surface area contributed by atoms with Crippen molar-refractivity contribution in [2.24, 2.45) is 0 Å². The van der Waals surface area contributed by atoms with Crippen molar-refractivity contribution in [1.82, 2.24) is 19.5 Å². The predicted octanol–water partition coefficient (Wildman–Crippen LogP) is 3.95. The van der Waals surface area contributed by atoms with Gasteiger partial charge in [0, 0.05) is 0 Å². The van der Waals surface area contributed by atoms with Crippen LogP contribution in [0.4, 0.5) is 5.82 Å². The van der Waals surface area contributed by atoms with Crippen molar-refractivity contribution in [3.63, 3.8) is 0 Å². The highest BCUT2D eigenvalue weighted by atomic mass is 32.2. The zero-order valence-electron chi connectivity index (χ0n) is 28.0. The van der Waals surface area contributed by atoms with Gasteiger partial charge in [0.05, 0.1) is 16.1 Å². The molecule has 2 N–H and O–H groups in total. The number of nitrogen functional groups attached to an aromatic ring is 1. The van der Waals surface area contributed by atoms with Crippen LogP contribution in [0.15, 0.2) is 64.6 Å². The third kappa shape index (κ3) is 6.70. The Kier molecular flexibility index (Phi) is 8.89. The summed E-state index contributed by atoms with van der Waals surface area (Å²) < 4.78 is 91.9. The van der Waals surface area contributed by atoms with E-state index in [1.165, 1.54) is 30.6 Å².